The van der Waals surface area contributed by atoms with Crippen molar-refractivity contribution >= 4 is 0 Å². The van der Waals surface area contributed by atoms with Gasteiger partial charge in [0.15, 0.2) is 0 Å². The smallest absolute Gasteiger partial charge is 0.125 e. The molecule has 2 rings (SSSR count). The minimum Gasteiger partial charge on any atom is -0.488 e. The van der Waals surface area contributed by atoms with Crippen LogP contribution in [0.5, 0.6) is 5.75 Å². The minimum atomic E-state index is -0.331. The lowest BCUT2D eigenvalue weighted by Gasteiger charge is -2.35. The van der Waals surface area contributed by atoms with Crippen molar-refractivity contribution in [2.45, 2.75) is 71.5 Å². The van der Waals surface area contributed by atoms with Gasteiger partial charge < -0.3 is 9.84 Å². The molecule has 2 nitrogen and oxygen atoms in total. The van der Waals surface area contributed by atoms with Gasteiger partial charge in [0.2, 0.25) is 0 Å². The minimum absolute atomic E-state index is 0.0633. The summed E-state index contributed by atoms with van der Waals surface area (Å²) < 4.78 is 6.07. The van der Waals surface area contributed by atoms with Crippen LogP contribution in [0.25, 0.3) is 0 Å². The molecule has 2 heteroatoms. The maximum atomic E-state index is 10.2. The van der Waals surface area contributed by atoms with Gasteiger partial charge in [-0.3, -0.25) is 0 Å². The molecular formula is C19H30O2. The van der Waals surface area contributed by atoms with Gasteiger partial charge in [0, 0.05) is 0 Å². The molecule has 0 saturated heterocycles. The summed E-state index contributed by atoms with van der Waals surface area (Å²) in [6.45, 7) is 11.2. The third-order valence-electron chi connectivity index (χ3n) is 4.75. The molecule has 0 aromatic heterocycles. The molecule has 0 bridgehead atoms. The first-order valence-corrected chi connectivity index (χ1v) is 8.22. The highest BCUT2D eigenvalue weighted by molar-refractivity contribution is 5.31. The molecule has 1 N–H and O–H groups in total. The lowest BCUT2D eigenvalue weighted by Crippen LogP contribution is -2.39. The first-order chi connectivity index (χ1) is 9.77. The fraction of sp³-hybridized carbons (Fsp3) is 0.684. The van der Waals surface area contributed by atoms with Crippen LogP contribution in [-0.2, 0) is 5.41 Å². The van der Waals surface area contributed by atoms with E-state index in [1.54, 1.807) is 0 Å². The monoisotopic (exact) mass is 290 g/mol. The largest absolute Gasteiger partial charge is 0.488 e. The molecule has 1 aromatic carbocycles. The number of aliphatic hydroxyl groups is 1. The second-order valence-electron chi connectivity index (χ2n) is 7.82. The third kappa shape index (κ3) is 4.23. The Morgan fingerprint density at radius 1 is 1.10 bits per heavy atom. The average molecular weight is 290 g/mol. The molecule has 21 heavy (non-hydrogen) atoms. The van der Waals surface area contributed by atoms with Gasteiger partial charge in [0.25, 0.3) is 0 Å². The Hall–Kier alpha value is -1.02. The third-order valence-corrected chi connectivity index (χ3v) is 4.75. The lowest BCUT2D eigenvalue weighted by atomic mass is 9.79. The fourth-order valence-corrected chi connectivity index (χ4v) is 3.08. The van der Waals surface area contributed by atoms with Crippen LogP contribution < -0.4 is 4.74 Å². The first kappa shape index (κ1) is 16.4. The molecule has 118 valence electrons. The predicted molar refractivity (Wildman–Crippen MR) is 87.7 cm³/mol. The number of hydrogen-bond acceptors (Lipinski definition) is 2. The zero-order valence-electron chi connectivity index (χ0n) is 14.1. The Bertz CT molecular complexity index is 442. The molecule has 0 radical (unpaired) electrons. The van der Waals surface area contributed by atoms with Crippen molar-refractivity contribution in [3.63, 3.8) is 0 Å². The quantitative estimate of drug-likeness (QED) is 0.885. The van der Waals surface area contributed by atoms with Crippen LogP contribution in [0, 0.1) is 11.8 Å². The van der Waals surface area contributed by atoms with Gasteiger partial charge in [-0.25, -0.2) is 0 Å². The van der Waals surface area contributed by atoms with E-state index in [9.17, 15) is 5.11 Å². The average Bonchev–Trinajstić information content (AvgIpc) is 2.40. The van der Waals surface area contributed by atoms with Crippen LogP contribution in [-0.4, -0.2) is 17.3 Å². The molecule has 0 heterocycles. The second-order valence-corrected chi connectivity index (χ2v) is 7.82. The van der Waals surface area contributed by atoms with Gasteiger partial charge in [-0.05, 0) is 54.2 Å². The van der Waals surface area contributed by atoms with E-state index in [2.05, 4.69) is 46.8 Å². The molecule has 1 aromatic rings. The van der Waals surface area contributed by atoms with Crippen LogP contribution >= 0.6 is 0 Å². The SMILES string of the molecule is CC(C)C1CCC(O)C(Oc2ccc(C(C)(C)C)cc2)C1. The van der Waals surface area contributed by atoms with Gasteiger partial charge in [0.05, 0.1) is 6.10 Å². The van der Waals surface area contributed by atoms with Crippen molar-refractivity contribution in [2.24, 2.45) is 11.8 Å². The zero-order valence-corrected chi connectivity index (χ0v) is 14.1. The summed E-state index contributed by atoms with van der Waals surface area (Å²) in [5, 5.41) is 10.2. The standard InChI is InChI=1S/C19H30O2/c1-13(2)14-6-11-17(20)18(12-14)21-16-9-7-15(8-10-16)19(3,4)5/h7-10,13-14,17-18,20H,6,11-12H2,1-5H3. The molecule has 1 aliphatic carbocycles. The maximum absolute atomic E-state index is 10.2. The fourth-order valence-electron chi connectivity index (χ4n) is 3.08. The first-order valence-electron chi connectivity index (χ1n) is 8.22. The normalized spacial score (nSPS) is 26.9. The molecule has 1 saturated carbocycles. The highest BCUT2D eigenvalue weighted by Crippen LogP contribution is 2.33. The van der Waals surface area contributed by atoms with Crippen molar-refractivity contribution in [3.05, 3.63) is 29.8 Å². The number of benzene rings is 1. The van der Waals surface area contributed by atoms with Crippen LogP contribution in [0.3, 0.4) is 0 Å². The second kappa shape index (κ2) is 6.39. The summed E-state index contributed by atoms with van der Waals surface area (Å²) in [6.07, 6.45) is 2.53. The predicted octanol–water partition coefficient (Wildman–Crippen LogP) is 4.55. The molecule has 3 atom stereocenters. The van der Waals surface area contributed by atoms with Crippen LogP contribution in [0.15, 0.2) is 24.3 Å². The summed E-state index contributed by atoms with van der Waals surface area (Å²) in [4.78, 5) is 0. The van der Waals surface area contributed by atoms with Crippen molar-refractivity contribution in [1.29, 1.82) is 0 Å². The molecule has 0 aliphatic heterocycles. The highest BCUT2D eigenvalue weighted by Gasteiger charge is 2.32. The highest BCUT2D eigenvalue weighted by atomic mass is 16.5. The van der Waals surface area contributed by atoms with E-state index in [4.69, 9.17) is 4.74 Å². The van der Waals surface area contributed by atoms with Crippen molar-refractivity contribution in [3.8, 4) is 5.75 Å². The summed E-state index contributed by atoms with van der Waals surface area (Å²) in [5.41, 5.74) is 1.46. The van der Waals surface area contributed by atoms with Crippen molar-refractivity contribution in [2.75, 3.05) is 0 Å². The van der Waals surface area contributed by atoms with Crippen LogP contribution in [0.1, 0.15) is 59.4 Å². The van der Waals surface area contributed by atoms with Crippen LogP contribution in [0.4, 0.5) is 0 Å². The van der Waals surface area contributed by atoms with Gasteiger partial charge in [0.1, 0.15) is 11.9 Å². The molecule has 1 aliphatic rings. The van der Waals surface area contributed by atoms with E-state index in [1.807, 2.05) is 12.1 Å². The topological polar surface area (TPSA) is 29.5 Å². The Labute approximate surface area is 129 Å². The Morgan fingerprint density at radius 3 is 2.24 bits per heavy atom. The van der Waals surface area contributed by atoms with Gasteiger partial charge in [-0.1, -0.05) is 46.8 Å². The Balaban J connectivity index is 2.03. The van der Waals surface area contributed by atoms with E-state index in [0.29, 0.717) is 11.8 Å². The number of ether oxygens (including phenoxy) is 1. The van der Waals surface area contributed by atoms with Gasteiger partial charge >= 0.3 is 0 Å². The maximum Gasteiger partial charge on any atom is 0.125 e. The summed E-state index contributed by atoms with van der Waals surface area (Å²) >= 11 is 0. The van der Waals surface area contributed by atoms with Crippen LogP contribution in [0.2, 0.25) is 0 Å². The van der Waals surface area contributed by atoms with E-state index in [1.165, 1.54) is 5.56 Å². The zero-order chi connectivity index (χ0) is 15.6. The van der Waals surface area contributed by atoms with E-state index >= 15 is 0 Å². The van der Waals surface area contributed by atoms with Gasteiger partial charge in [-0.15, -0.1) is 0 Å². The molecular weight excluding hydrogens is 260 g/mol. The number of hydrogen-bond donors (Lipinski definition) is 1. The molecule has 0 amide bonds. The number of aliphatic hydroxyl groups excluding tert-OH is 1. The van der Waals surface area contributed by atoms with Crippen molar-refractivity contribution in [1.82, 2.24) is 0 Å². The summed E-state index contributed by atoms with van der Waals surface area (Å²) in [6, 6.07) is 8.33. The molecule has 1 fully saturated rings. The lowest BCUT2D eigenvalue weighted by molar-refractivity contribution is -0.0177. The van der Waals surface area contributed by atoms with Gasteiger partial charge in [-0.2, -0.15) is 0 Å². The Kier molecular flexibility index (Phi) is 4.98. The Morgan fingerprint density at radius 2 is 1.71 bits per heavy atom. The molecule has 0 spiro atoms. The number of rotatable bonds is 3. The van der Waals surface area contributed by atoms with Crippen molar-refractivity contribution < 1.29 is 9.84 Å². The summed E-state index contributed by atoms with van der Waals surface area (Å²) in [7, 11) is 0. The molecule has 3 unspecified atom stereocenters. The van der Waals surface area contributed by atoms with E-state index < -0.39 is 0 Å². The van der Waals surface area contributed by atoms with E-state index in [0.717, 1.165) is 25.0 Å². The van der Waals surface area contributed by atoms with E-state index in [-0.39, 0.29) is 17.6 Å². The summed E-state index contributed by atoms with van der Waals surface area (Å²) in [5.74, 6) is 2.19.